The normalized spacial score (nSPS) is 15.4. The lowest BCUT2D eigenvalue weighted by Crippen LogP contribution is -2.55. The van der Waals surface area contributed by atoms with Crippen LogP contribution in [-0.4, -0.2) is 63.2 Å². The van der Waals surface area contributed by atoms with E-state index < -0.39 is 53.2 Å². The molecule has 0 aliphatic heterocycles. The number of nitrogens with zero attached hydrogens (tertiary/aromatic N) is 1. The average Bonchev–Trinajstić information content (AvgIpc) is 3.74. The fourth-order valence-electron chi connectivity index (χ4n) is 5.00. The van der Waals surface area contributed by atoms with Crippen LogP contribution in [0.4, 0.5) is 4.79 Å². The van der Waals surface area contributed by atoms with Crippen molar-refractivity contribution in [2.24, 2.45) is 5.92 Å². The summed E-state index contributed by atoms with van der Waals surface area (Å²) < 4.78 is 11.1. The Balaban J connectivity index is 2.04. The molecule has 10 heteroatoms. The van der Waals surface area contributed by atoms with E-state index in [-0.39, 0.29) is 29.7 Å². The number of ether oxygens (including phenoxy) is 2. The maximum Gasteiger partial charge on any atom is 0.408 e. The number of hydrogen-bond donors (Lipinski definition) is 3. The number of phenolic OH excluding ortho intramolecular Hbond substituents is 1. The van der Waals surface area contributed by atoms with Crippen LogP contribution in [0.25, 0.3) is 0 Å². The first kappa shape index (κ1) is 35.4. The van der Waals surface area contributed by atoms with Gasteiger partial charge in [-0.2, -0.15) is 0 Å². The molecule has 3 amide bonds. The van der Waals surface area contributed by atoms with Gasteiger partial charge in [0.15, 0.2) is 0 Å². The maximum absolute atomic E-state index is 14.4. The number of rotatable bonds is 12. The highest BCUT2D eigenvalue weighted by atomic mass is 16.6. The highest BCUT2D eigenvalue weighted by Gasteiger charge is 2.45. The van der Waals surface area contributed by atoms with Crippen LogP contribution in [0.2, 0.25) is 0 Å². The monoisotopic (exact) mass is 623 g/mol. The SMILES string of the molecule is CC(C)CC(NC(=O)OC(C)(C)C)C(=O)N(C1CC1)C(C(=O)NC(Cc1ccccc1)C(=O)OC(C)(C)C)c1ccccc1O. The highest BCUT2D eigenvalue weighted by Crippen LogP contribution is 2.38. The minimum absolute atomic E-state index is 0.0229. The molecule has 1 fully saturated rings. The number of amides is 3. The van der Waals surface area contributed by atoms with Gasteiger partial charge >= 0.3 is 12.1 Å². The van der Waals surface area contributed by atoms with Crippen LogP contribution < -0.4 is 10.6 Å². The van der Waals surface area contributed by atoms with Crippen molar-refractivity contribution in [3.63, 3.8) is 0 Å². The number of benzene rings is 2. The number of carbonyl (C=O) groups is 4. The fourth-order valence-corrected chi connectivity index (χ4v) is 5.00. The van der Waals surface area contributed by atoms with Gasteiger partial charge < -0.3 is 30.1 Å². The lowest BCUT2D eigenvalue weighted by atomic mass is 9.97. The van der Waals surface area contributed by atoms with E-state index >= 15 is 0 Å². The van der Waals surface area contributed by atoms with Crippen molar-refractivity contribution >= 4 is 23.9 Å². The third kappa shape index (κ3) is 11.1. The fraction of sp³-hybridized carbons (Fsp3) is 0.543. The Morgan fingerprint density at radius 3 is 1.96 bits per heavy atom. The van der Waals surface area contributed by atoms with E-state index in [2.05, 4.69) is 10.6 Å². The topological polar surface area (TPSA) is 134 Å². The summed E-state index contributed by atoms with van der Waals surface area (Å²) in [5.41, 5.74) is -0.569. The molecule has 1 aliphatic rings. The van der Waals surface area contributed by atoms with Crippen LogP contribution in [-0.2, 0) is 30.3 Å². The first-order chi connectivity index (χ1) is 20.9. The molecule has 0 bridgehead atoms. The van der Waals surface area contributed by atoms with Crippen molar-refractivity contribution < 1.29 is 33.8 Å². The van der Waals surface area contributed by atoms with Gasteiger partial charge in [-0.15, -0.1) is 0 Å². The molecule has 10 nitrogen and oxygen atoms in total. The number of nitrogens with one attached hydrogen (secondary N) is 2. The van der Waals surface area contributed by atoms with Gasteiger partial charge in [-0.05, 0) is 78.4 Å². The molecule has 3 atom stereocenters. The average molecular weight is 624 g/mol. The number of para-hydroxylation sites is 1. The summed E-state index contributed by atoms with van der Waals surface area (Å²) >= 11 is 0. The van der Waals surface area contributed by atoms with E-state index in [9.17, 15) is 24.3 Å². The minimum atomic E-state index is -1.29. The van der Waals surface area contributed by atoms with E-state index in [0.717, 1.165) is 5.56 Å². The van der Waals surface area contributed by atoms with E-state index in [4.69, 9.17) is 9.47 Å². The molecular formula is C35H49N3O7. The molecule has 0 aromatic heterocycles. The van der Waals surface area contributed by atoms with Gasteiger partial charge in [-0.3, -0.25) is 9.59 Å². The standard InChI is InChI=1S/C35H49N3O7/c1-22(2)20-26(37-33(43)45-35(6,7)8)31(41)38(24-18-19-24)29(25-16-12-13-17-28(25)39)30(40)36-27(32(42)44-34(3,4)5)21-23-14-10-9-11-15-23/h9-17,22,24,26-27,29,39H,18-21H2,1-8H3,(H,36,40)(H,37,43). The largest absolute Gasteiger partial charge is 0.508 e. The summed E-state index contributed by atoms with van der Waals surface area (Å²) in [7, 11) is 0. The Morgan fingerprint density at radius 2 is 1.42 bits per heavy atom. The van der Waals surface area contributed by atoms with Crippen molar-refractivity contribution in [2.45, 2.75) is 116 Å². The van der Waals surface area contributed by atoms with Crippen molar-refractivity contribution in [1.82, 2.24) is 15.5 Å². The number of carbonyl (C=O) groups excluding carboxylic acids is 4. The number of alkyl carbamates (subject to hydrolysis) is 1. The van der Waals surface area contributed by atoms with Crippen molar-refractivity contribution in [1.29, 1.82) is 0 Å². The molecule has 3 unspecified atom stereocenters. The summed E-state index contributed by atoms with van der Waals surface area (Å²) in [5, 5.41) is 16.5. The predicted molar refractivity (Wildman–Crippen MR) is 171 cm³/mol. The van der Waals surface area contributed by atoms with E-state index in [1.165, 1.54) is 11.0 Å². The quantitative estimate of drug-likeness (QED) is 0.268. The summed E-state index contributed by atoms with van der Waals surface area (Å²) in [6.45, 7) is 14.3. The maximum atomic E-state index is 14.4. The Morgan fingerprint density at radius 1 is 0.844 bits per heavy atom. The molecule has 0 radical (unpaired) electrons. The Bertz CT molecular complexity index is 1330. The van der Waals surface area contributed by atoms with Gasteiger partial charge in [-0.1, -0.05) is 62.4 Å². The molecular weight excluding hydrogens is 574 g/mol. The number of hydrogen-bond acceptors (Lipinski definition) is 7. The third-order valence-corrected chi connectivity index (χ3v) is 6.94. The molecule has 1 aliphatic carbocycles. The third-order valence-electron chi connectivity index (χ3n) is 6.94. The second kappa shape index (κ2) is 14.8. The molecule has 2 aromatic carbocycles. The lowest BCUT2D eigenvalue weighted by Gasteiger charge is -2.36. The van der Waals surface area contributed by atoms with Crippen LogP contribution >= 0.6 is 0 Å². The first-order valence-electron chi connectivity index (χ1n) is 15.6. The van der Waals surface area contributed by atoms with Crippen molar-refractivity contribution in [3.05, 3.63) is 65.7 Å². The molecule has 2 aromatic rings. The van der Waals surface area contributed by atoms with Gasteiger partial charge in [0.1, 0.15) is 35.1 Å². The number of phenols is 1. The minimum Gasteiger partial charge on any atom is -0.508 e. The van der Waals surface area contributed by atoms with Gasteiger partial charge in [-0.25, -0.2) is 9.59 Å². The molecule has 3 N–H and O–H groups in total. The molecule has 1 saturated carbocycles. The number of aromatic hydroxyl groups is 1. The van der Waals surface area contributed by atoms with Crippen LogP contribution in [0, 0.1) is 5.92 Å². The summed E-state index contributed by atoms with van der Waals surface area (Å²) in [4.78, 5) is 56.4. The second-order valence-corrected chi connectivity index (χ2v) is 14.1. The van der Waals surface area contributed by atoms with E-state index in [0.29, 0.717) is 19.3 Å². The van der Waals surface area contributed by atoms with Gasteiger partial charge in [0, 0.05) is 18.0 Å². The van der Waals surface area contributed by atoms with Crippen molar-refractivity contribution in [3.8, 4) is 5.75 Å². The van der Waals surface area contributed by atoms with Gasteiger partial charge in [0.25, 0.3) is 0 Å². The van der Waals surface area contributed by atoms with Crippen LogP contribution in [0.5, 0.6) is 5.75 Å². The summed E-state index contributed by atoms with van der Waals surface area (Å²) in [6.07, 6.45) is 0.995. The Hall–Kier alpha value is -4.08. The summed E-state index contributed by atoms with van der Waals surface area (Å²) in [5.74, 6) is -1.89. The predicted octanol–water partition coefficient (Wildman–Crippen LogP) is 5.43. The second-order valence-electron chi connectivity index (χ2n) is 14.1. The number of esters is 1. The zero-order valence-electron chi connectivity index (χ0n) is 27.8. The van der Waals surface area contributed by atoms with E-state index in [1.807, 2.05) is 44.2 Å². The lowest BCUT2D eigenvalue weighted by molar-refractivity contribution is -0.159. The Kier molecular flexibility index (Phi) is 11.6. The van der Waals surface area contributed by atoms with Crippen LogP contribution in [0.3, 0.4) is 0 Å². The Labute approximate surface area is 266 Å². The molecule has 246 valence electrons. The zero-order chi connectivity index (χ0) is 33.5. The smallest absolute Gasteiger partial charge is 0.408 e. The molecule has 0 heterocycles. The highest BCUT2D eigenvalue weighted by molar-refractivity contribution is 5.94. The van der Waals surface area contributed by atoms with E-state index in [1.54, 1.807) is 59.7 Å². The molecule has 0 saturated heterocycles. The van der Waals surface area contributed by atoms with Crippen molar-refractivity contribution in [2.75, 3.05) is 0 Å². The van der Waals surface area contributed by atoms with Gasteiger partial charge in [0.2, 0.25) is 11.8 Å². The molecule has 3 rings (SSSR count). The van der Waals surface area contributed by atoms with Gasteiger partial charge in [0.05, 0.1) is 0 Å². The molecule has 45 heavy (non-hydrogen) atoms. The molecule has 0 spiro atoms. The van der Waals surface area contributed by atoms with Crippen LogP contribution in [0.1, 0.15) is 91.8 Å². The summed E-state index contributed by atoms with van der Waals surface area (Å²) in [6, 6.07) is 11.9. The van der Waals surface area contributed by atoms with Crippen LogP contribution in [0.15, 0.2) is 54.6 Å². The zero-order valence-corrected chi connectivity index (χ0v) is 27.8. The first-order valence-corrected chi connectivity index (χ1v) is 15.6.